The van der Waals surface area contributed by atoms with Crippen LogP contribution in [0.4, 0.5) is 4.79 Å². The number of nitrogens with zero attached hydrogens (tertiary/aromatic N) is 3. The molecule has 0 aromatic carbocycles. The Hall–Kier alpha value is -1.59. The minimum Gasteiger partial charge on any atom is -0.337 e. The molecule has 4 rings (SSSR count). The predicted octanol–water partition coefficient (Wildman–Crippen LogP) is 0.422. The lowest BCUT2D eigenvalue weighted by Gasteiger charge is -2.22. The third-order valence-corrected chi connectivity index (χ3v) is 5.20. The van der Waals surface area contributed by atoms with Gasteiger partial charge in [0.2, 0.25) is 5.91 Å². The smallest absolute Gasteiger partial charge is 0.327 e. The number of carbonyl (C=O) groups excluding carboxylic acids is 3. The molecule has 3 aliphatic heterocycles. The topological polar surface area (TPSA) is 60.9 Å². The van der Waals surface area contributed by atoms with E-state index in [-0.39, 0.29) is 29.9 Å². The van der Waals surface area contributed by atoms with E-state index >= 15 is 0 Å². The highest BCUT2D eigenvalue weighted by Gasteiger charge is 2.53. The van der Waals surface area contributed by atoms with Crippen LogP contribution in [0.15, 0.2) is 0 Å². The quantitative estimate of drug-likeness (QED) is 0.687. The van der Waals surface area contributed by atoms with Gasteiger partial charge in [0, 0.05) is 25.6 Å². The number of rotatable bonds is 2. The molecule has 6 heteroatoms. The molecule has 1 saturated carbocycles. The third-order valence-electron chi connectivity index (χ3n) is 5.20. The van der Waals surface area contributed by atoms with Gasteiger partial charge < -0.3 is 9.80 Å². The first-order valence-electron chi connectivity index (χ1n) is 7.51. The number of urea groups is 1. The van der Waals surface area contributed by atoms with Gasteiger partial charge in [-0.05, 0) is 25.2 Å². The van der Waals surface area contributed by atoms with E-state index in [1.807, 2.05) is 4.90 Å². The zero-order valence-electron chi connectivity index (χ0n) is 11.6. The van der Waals surface area contributed by atoms with Crippen LogP contribution in [-0.2, 0) is 9.59 Å². The van der Waals surface area contributed by atoms with Crippen molar-refractivity contribution in [3.63, 3.8) is 0 Å². The van der Waals surface area contributed by atoms with Crippen molar-refractivity contribution in [2.75, 3.05) is 13.1 Å². The second-order valence-electron chi connectivity index (χ2n) is 6.53. The van der Waals surface area contributed by atoms with Crippen molar-refractivity contribution in [2.45, 2.75) is 50.7 Å². The van der Waals surface area contributed by atoms with Gasteiger partial charge >= 0.3 is 6.03 Å². The van der Waals surface area contributed by atoms with Crippen LogP contribution < -0.4 is 0 Å². The van der Waals surface area contributed by atoms with Gasteiger partial charge in [0.1, 0.15) is 6.04 Å². The first-order chi connectivity index (χ1) is 9.58. The molecule has 20 heavy (non-hydrogen) atoms. The fourth-order valence-corrected chi connectivity index (χ4v) is 3.92. The molecule has 4 fully saturated rings. The average molecular weight is 277 g/mol. The maximum absolute atomic E-state index is 12.4. The van der Waals surface area contributed by atoms with Crippen LogP contribution in [0, 0.1) is 5.92 Å². The van der Waals surface area contributed by atoms with E-state index < -0.39 is 0 Å². The molecule has 3 heterocycles. The standard InChI is InChI=1S/C14H19N3O3/c1-8-5-11(8)16-7-9(6-12(16)18)17-13(19)10-3-2-4-15(10)14(17)20/h8-11H,2-7H2,1H3/t8-,9-,10-,11+/m1/s1. The number of fused-ring (bicyclic) bond motifs is 1. The van der Waals surface area contributed by atoms with E-state index in [4.69, 9.17) is 0 Å². The molecule has 0 spiro atoms. The Bertz CT molecular complexity index is 484. The molecule has 4 atom stereocenters. The minimum absolute atomic E-state index is 0.0870. The van der Waals surface area contributed by atoms with E-state index in [0.717, 1.165) is 19.3 Å². The Morgan fingerprint density at radius 2 is 1.90 bits per heavy atom. The molecule has 0 radical (unpaired) electrons. The Balaban J connectivity index is 1.53. The number of likely N-dealkylation sites (tertiary alicyclic amines) is 1. The van der Waals surface area contributed by atoms with Crippen molar-refractivity contribution < 1.29 is 14.4 Å². The van der Waals surface area contributed by atoms with E-state index in [2.05, 4.69) is 6.92 Å². The summed E-state index contributed by atoms with van der Waals surface area (Å²) in [5.74, 6) is 0.568. The molecule has 108 valence electrons. The first-order valence-corrected chi connectivity index (χ1v) is 7.51. The molecule has 4 amide bonds. The number of carbonyl (C=O) groups is 3. The third kappa shape index (κ3) is 1.53. The first kappa shape index (κ1) is 12.2. The summed E-state index contributed by atoms with van der Waals surface area (Å²) in [6, 6.07) is -0.353. The van der Waals surface area contributed by atoms with Gasteiger partial charge in [0.15, 0.2) is 0 Å². The number of hydrogen-bond acceptors (Lipinski definition) is 3. The zero-order chi connectivity index (χ0) is 14.0. The molecule has 0 bridgehead atoms. The van der Waals surface area contributed by atoms with Gasteiger partial charge in [-0.2, -0.15) is 0 Å². The molecule has 0 unspecified atom stereocenters. The van der Waals surface area contributed by atoms with Gasteiger partial charge in [-0.3, -0.25) is 14.5 Å². The Morgan fingerprint density at radius 3 is 2.55 bits per heavy atom. The molecular formula is C14H19N3O3. The van der Waals surface area contributed by atoms with Crippen molar-refractivity contribution in [2.24, 2.45) is 5.92 Å². The highest BCUT2D eigenvalue weighted by Crippen LogP contribution is 2.39. The number of hydrogen-bond donors (Lipinski definition) is 0. The van der Waals surface area contributed by atoms with Gasteiger partial charge in [-0.1, -0.05) is 6.92 Å². The summed E-state index contributed by atoms with van der Waals surface area (Å²) < 4.78 is 0. The normalized spacial score (nSPS) is 40.0. The average Bonchev–Trinajstić information content (AvgIpc) is 2.81. The van der Waals surface area contributed by atoms with Crippen LogP contribution in [0.25, 0.3) is 0 Å². The summed E-state index contributed by atoms with van der Waals surface area (Å²) in [5.41, 5.74) is 0. The maximum Gasteiger partial charge on any atom is 0.327 e. The van der Waals surface area contributed by atoms with Crippen LogP contribution in [-0.4, -0.2) is 63.8 Å². The summed E-state index contributed by atoms with van der Waals surface area (Å²) in [6.07, 6.45) is 3.03. The second-order valence-corrected chi connectivity index (χ2v) is 6.53. The SMILES string of the molecule is C[C@@H]1C[C@@H]1N1C[C@H](N2C(=O)[C@H]3CCCN3C2=O)CC1=O. The highest BCUT2D eigenvalue weighted by molar-refractivity contribution is 6.05. The van der Waals surface area contributed by atoms with Gasteiger partial charge in [0.05, 0.1) is 6.04 Å². The fraction of sp³-hybridized carbons (Fsp3) is 0.786. The summed E-state index contributed by atoms with van der Waals surface area (Å²) in [6.45, 7) is 3.34. The highest BCUT2D eigenvalue weighted by atomic mass is 16.2. The number of amides is 4. The lowest BCUT2D eigenvalue weighted by atomic mass is 10.2. The van der Waals surface area contributed by atoms with E-state index in [1.165, 1.54) is 4.90 Å². The van der Waals surface area contributed by atoms with E-state index in [0.29, 0.717) is 31.5 Å². The predicted molar refractivity (Wildman–Crippen MR) is 69.7 cm³/mol. The van der Waals surface area contributed by atoms with Crippen LogP contribution in [0.5, 0.6) is 0 Å². The molecule has 0 N–H and O–H groups in total. The van der Waals surface area contributed by atoms with Gasteiger partial charge in [0.25, 0.3) is 5.91 Å². The van der Waals surface area contributed by atoms with Crippen molar-refractivity contribution >= 4 is 17.8 Å². The molecule has 0 aromatic heterocycles. The van der Waals surface area contributed by atoms with Crippen molar-refractivity contribution in [3.05, 3.63) is 0 Å². The van der Waals surface area contributed by atoms with Crippen molar-refractivity contribution in [1.29, 1.82) is 0 Å². The van der Waals surface area contributed by atoms with Crippen LogP contribution in [0.3, 0.4) is 0 Å². The van der Waals surface area contributed by atoms with E-state index in [1.54, 1.807) is 4.90 Å². The molecule has 0 aromatic rings. The Labute approximate surface area is 117 Å². The molecule has 6 nitrogen and oxygen atoms in total. The maximum atomic E-state index is 12.4. The summed E-state index contributed by atoms with van der Waals surface area (Å²) in [5, 5.41) is 0. The van der Waals surface area contributed by atoms with Crippen molar-refractivity contribution in [3.8, 4) is 0 Å². The Kier molecular flexibility index (Phi) is 2.41. The minimum atomic E-state index is -0.258. The van der Waals surface area contributed by atoms with E-state index in [9.17, 15) is 14.4 Å². The lowest BCUT2D eigenvalue weighted by molar-refractivity contribution is -0.129. The van der Waals surface area contributed by atoms with Crippen LogP contribution in [0.1, 0.15) is 32.6 Å². The zero-order valence-corrected chi connectivity index (χ0v) is 11.6. The summed E-state index contributed by atoms with van der Waals surface area (Å²) in [7, 11) is 0. The monoisotopic (exact) mass is 277 g/mol. The largest absolute Gasteiger partial charge is 0.337 e. The van der Waals surface area contributed by atoms with Crippen LogP contribution >= 0.6 is 0 Å². The second kappa shape index (κ2) is 3.96. The molecule has 4 aliphatic rings. The number of imide groups is 1. The fourth-order valence-electron chi connectivity index (χ4n) is 3.92. The molecule has 3 saturated heterocycles. The summed E-state index contributed by atoms with van der Waals surface area (Å²) >= 11 is 0. The Morgan fingerprint density at radius 1 is 1.15 bits per heavy atom. The molecule has 1 aliphatic carbocycles. The van der Waals surface area contributed by atoms with Gasteiger partial charge in [-0.15, -0.1) is 0 Å². The lowest BCUT2D eigenvalue weighted by Crippen LogP contribution is -2.43. The van der Waals surface area contributed by atoms with Gasteiger partial charge in [-0.25, -0.2) is 4.79 Å². The molecular weight excluding hydrogens is 258 g/mol. The van der Waals surface area contributed by atoms with Crippen molar-refractivity contribution in [1.82, 2.24) is 14.7 Å². The van der Waals surface area contributed by atoms with Crippen LogP contribution in [0.2, 0.25) is 0 Å². The summed E-state index contributed by atoms with van der Waals surface area (Å²) in [4.78, 5) is 41.7.